The molecule has 0 bridgehead atoms. The molecule has 1 N–H and O–H groups in total. The molecule has 0 saturated heterocycles. The van der Waals surface area contributed by atoms with Gasteiger partial charge in [-0.05, 0) is 32.1 Å². The van der Waals surface area contributed by atoms with Gasteiger partial charge in [0.05, 0.1) is 19.9 Å². The molecule has 2 aromatic rings. The second-order valence-electron chi connectivity index (χ2n) is 4.99. The summed E-state index contributed by atoms with van der Waals surface area (Å²) in [6, 6.07) is 5.70. The zero-order valence-electron chi connectivity index (χ0n) is 13.9. The maximum atomic E-state index is 12.0. The van der Waals surface area contributed by atoms with E-state index in [1.807, 2.05) is 25.1 Å². The Morgan fingerprint density at radius 3 is 2.67 bits per heavy atom. The number of amides is 1. The Kier molecular flexibility index (Phi) is 5.70. The lowest BCUT2D eigenvalue weighted by atomic mass is 10.1. The molecule has 0 aliphatic rings. The van der Waals surface area contributed by atoms with E-state index in [2.05, 4.69) is 15.0 Å². The summed E-state index contributed by atoms with van der Waals surface area (Å²) in [7, 11) is 2.88. The highest BCUT2D eigenvalue weighted by molar-refractivity contribution is 7.17. The average molecular weight is 346 g/mol. The first kappa shape index (κ1) is 17.7. The molecule has 1 heterocycles. The maximum Gasteiger partial charge on any atom is 0.350 e. The molecule has 0 spiro atoms. The summed E-state index contributed by atoms with van der Waals surface area (Å²) in [6.45, 7) is 3.65. The largest absolute Gasteiger partial charge is 0.496 e. The van der Waals surface area contributed by atoms with Crippen LogP contribution >= 0.6 is 11.3 Å². The number of anilines is 1. The lowest BCUT2D eigenvalue weighted by molar-refractivity contribution is -0.111. The molecule has 24 heavy (non-hydrogen) atoms. The van der Waals surface area contributed by atoms with Crippen molar-refractivity contribution in [3.63, 3.8) is 0 Å². The Bertz CT molecular complexity index is 796. The Morgan fingerprint density at radius 1 is 1.25 bits per heavy atom. The second kappa shape index (κ2) is 7.74. The van der Waals surface area contributed by atoms with Gasteiger partial charge in [-0.2, -0.15) is 0 Å². The number of aromatic nitrogens is 1. The first-order valence-corrected chi connectivity index (χ1v) is 7.95. The lowest BCUT2D eigenvalue weighted by Crippen LogP contribution is -2.07. The highest BCUT2D eigenvalue weighted by atomic mass is 32.1. The van der Waals surface area contributed by atoms with Gasteiger partial charge < -0.3 is 9.47 Å². The number of nitrogens with one attached hydrogen (secondary N) is 1. The number of benzene rings is 1. The van der Waals surface area contributed by atoms with Crippen molar-refractivity contribution in [2.24, 2.45) is 0 Å². The molecule has 126 valence electrons. The third kappa shape index (κ3) is 4.20. The normalized spacial score (nSPS) is 10.7. The van der Waals surface area contributed by atoms with Gasteiger partial charge in [0.15, 0.2) is 5.13 Å². The minimum Gasteiger partial charge on any atom is -0.496 e. The minimum absolute atomic E-state index is 0.344. The van der Waals surface area contributed by atoms with Crippen LogP contribution in [0, 0.1) is 13.8 Å². The van der Waals surface area contributed by atoms with Crippen LogP contribution in [0.2, 0.25) is 0 Å². The van der Waals surface area contributed by atoms with Gasteiger partial charge in [-0.15, -0.1) is 0 Å². The van der Waals surface area contributed by atoms with Crippen LogP contribution in [-0.4, -0.2) is 31.1 Å². The van der Waals surface area contributed by atoms with Crippen molar-refractivity contribution in [2.75, 3.05) is 19.5 Å². The number of thiazole rings is 1. The fraction of sp³-hybridized carbons (Fsp3) is 0.235. The van der Waals surface area contributed by atoms with E-state index < -0.39 is 5.97 Å². The van der Waals surface area contributed by atoms with Crippen LogP contribution < -0.4 is 10.1 Å². The first-order chi connectivity index (χ1) is 11.4. The molecule has 1 amide bonds. The quantitative estimate of drug-likeness (QED) is 0.664. The molecule has 0 fully saturated rings. The SMILES string of the molecule is COC(=O)c1sc(NC(=O)/C=C/c2cc(C)ccc2OC)nc1C. The molecule has 1 aromatic heterocycles. The van der Waals surface area contributed by atoms with Crippen LogP contribution in [0.3, 0.4) is 0 Å². The lowest BCUT2D eigenvalue weighted by Gasteiger charge is -2.05. The van der Waals surface area contributed by atoms with Crippen LogP contribution in [0.5, 0.6) is 5.75 Å². The Morgan fingerprint density at radius 2 is 2.00 bits per heavy atom. The number of nitrogens with zero attached hydrogens (tertiary/aromatic N) is 1. The van der Waals surface area contributed by atoms with E-state index in [-0.39, 0.29) is 5.91 Å². The molecule has 0 unspecified atom stereocenters. The van der Waals surface area contributed by atoms with E-state index in [0.717, 1.165) is 22.5 Å². The van der Waals surface area contributed by atoms with Gasteiger partial charge in [0, 0.05) is 11.6 Å². The molecule has 6 nitrogen and oxygen atoms in total. The number of methoxy groups -OCH3 is 2. The third-order valence-corrected chi connectivity index (χ3v) is 4.25. The summed E-state index contributed by atoms with van der Waals surface area (Å²) in [5.41, 5.74) is 2.39. The highest BCUT2D eigenvalue weighted by Gasteiger charge is 2.16. The summed E-state index contributed by atoms with van der Waals surface area (Å²) in [5, 5.41) is 2.98. The van der Waals surface area contributed by atoms with Gasteiger partial charge in [0.25, 0.3) is 0 Å². The number of hydrogen-bond donors (Lipinski definition) is 1. The zero-order chi connectivity index (χ0) is 17.7. The van der Waals surface area contributed by atoms with Gasteiger partial charge in [-0.25, -0.2) is 9.78 Å². The third-order valence-electron chi connectivity index (χ3n) is 3.20. The molecule has 1 aromatic carbocycles. The van der Waals surface area contributed by atoms with E-state index in [4.69, 9.17) is 4.74 Å². The van der Waals surface area contributed by atoms with Crippen molar-refractivity contribution in [3.05, 3.63) is 46.0 Å². The molecule has 0 radical (unpaired) electrons. The van der Waals surface area contributed by atoms with Crippen LogP contribution in [0.1, 0.15) is 26.5 Å². The molecule has 0 atom stereocenters. The Labute approximate surface area is 144 Å². The second-order valence-corrected chi connectivity index (χ2v) is 5.99. The van der Waals surface area contributed by atoms with Gasteiger partial charge in [-0.1, -0.05) is 23.0 Å². The van der Waals surface area contributed by atoms with E-state index in [1.165, 1.54) is 13.2 Å². The smallest absolute Gasteiger partial charge is 0.350 e. The fourth-order valence-corrected chi connectivity index (χ4v) is 2.92. The molecule has 0 saturated carbocycles. The molecule has 2 rings (SSSR count). The standard InChI is InChI=1S/C17H18N2O4S/c1-10-5-7-13(22-3)12(9-10)6-8-14(20)19-17-18-11(2)15(24-17)16(21)23-4/h5-9H,1-4H3,(H,18,19,20)/b8-6+. The van der Waals surface area contributed by atoms with E-state index in [9.17, 15) is 9.59 Å². The van der Waals surface area contributed by atoms with Gasteiger partial charge in [0.1, 0.15) is 10.6 Å². The van der Waals surface area contributed by atoms with Crippen LogP contribution in [0.4, 0.5) is 5.13 Å². The number of hydrogen-bond acceptors (Lipinski definition) is 6. The predicted molar refractivity (Wildman–Crippen MR) is 93.6 cm³/mol. The monoisotopic (exact) mass is 346 g/mol. The van der Waals surface area contributed by atoms with Gasteiger partial charge >= 0.3 is 5.97 Å². The number of carbonyl (C=O) groups excluding carboxylic acids is 2. The summed E-state index contributed by atoms with van der Waals surface area (Å²) in [5.74, 6) is -0.128. The topological polar surface area (TPSA) is 77.5 Å². The van der Waals surface area contributed by atoms with E-state index >= 15 is 0 Å². The average Bonchev–Trinajstić information content (AvgIpc) is 2.92. The number of rotatable bonds is 5. The summed E-state index contributed by atoms with van der Waals surface area (Å²) < 4.78 is 9.93. The number of esters is 1. The number of carbonyl (C=O) groups is 2. The summed E-state index contributed by atoms with van der Waals surface area (Å²) in [6.07, 6.45) is 3.06. The molecule has 7 heteroatoms. The minimum atomic E-state index is -0.467. The molecule has 0 aliphatic heterocycles. The Hall–Kier alpha value is -2.67. The van der Waals surface area contributed by atoms with E-state index in [1.54, 1.807) is 20.1 Å². The summed E-state index contributed by atoms with van der Waals surface area (Å²) >= 11 is 1.08. The van der Waals surface area contributed by atoms with Gasteiger partial charge in [-0.3, -0.25) is 10.1 Å². The molecular formula is C17H18N2O4S. The molecule has 0 aliphatic carbocycles. The van der Waals surface area contributed by atoms with Crippen molar-refractivity contribution in [1.29, 1.82) is 0 Å². The fourth-order valence-electron chi connectivity index (χ4n) is 2.03. The van der Waals surface area contributed by atoms with E-state index in [0.29, 0.717) is 21.5 Å². The summed E-state index contributed by atoms with van der Waals surface area (Å²) in [4.78, 5) is 28.1. The van der Waals surface area contributed by atoms with Crippen molar-refractivity contribution in [2.45, 2.75) is 13.8 Å². The zero-order valence-corrected chi connectivity index (χ0v) is 14.7. The Balaban J connectivity index is 2.11. The van der Waals surface area contributed by atoms with Crippen molar-refractivity contribution < 1.29 is 19.1 Å². The van der Waals surface area contributed by atoms with Crippen molar-refractivity contribution >= 4 is 34.4 Å². The van der Waals surface area contributed by atoms with Crippen molar-refractivity contribution in [3.8, 4) is 5.75 Å². The van der Waals surface area contributed by atoms with Crippen molar-refractivity contribution in [1.82, 2.24) is 4.98 Å². The number of aryl methyl sites for hydroxylation is 2. The predicted octanol–water partition coefficient (Wildman–Crippen LogP) is 3.21. The van der Waals surface area contributed by atoms with Crippen LogP contribution in [0.25, 0.3) is 6.08 Å². The first-order valence-electron chi connectivity index (χ1n) is 7.14. The van der Waals surface area contributed by atoms with Crippen LogP contribution in [-0.2, 0) is 9.53 Å². The highest BCUT2D eigenvalue weighted by Crippen LogP contribution is 2.24. The molecular weight excluding hydrogens is 328 g/mol. The maximum absolute atomic E-state index is 12.0. The number of ether oxygens (including phenoxy) is 2. The van der Waals surface area contributed by atoms with Crippen LogP contribution in [0.15, 0.2) is 24.3 Å². The van der Waals surface area contributed by atoms with Gasteiger partial charge in [0.2, 0.25) is 5.91 Å².